The molecule has 1 saturated heterocycles. The summed E-state index contributed by atoms with van der Waals surface area (Å²) >= 11 is 0. The zero-order chi connectivity index (χ0) is 17.2. The minimum absolute atomic E-state index is 0.122. The summed E-state index contributed by atoms with van der Waals surface area (Å²) in [7, 11) is 0. The Balaban J connectivity index is 1.60. The Morgan fingerprint density at radius 3 is 2.75 bits per heavy atom. The van der Waals surface area contributed by atoms with Crippen molar-refractivity contribution in [3.8, 4) is 11.8 Å². The fraction of sp³-hybridized carbons (Fsp3) is 0.500. The SMILES string of the molecule is C[C@H]1CCCC[C@@]12NC(=O)N(CCOc1ccc(C#N)cc1)C2=O. The lowest BCUT2D eigenvalue weighted by molar-refractivity contribution is -0.134. The molecule has 1 aromatic carbocycles. The molecular weight excluding hydrogens is 306 g/mol. The van der Waals surface area contributed by atoms with Gasteiger partial charge in [0.25, 0.3) is 5.91 Å². The van der Waals surface area contributed by atoms with Gasteiger partial charge in [0.15, 0.2) is 0 Å². The van der Waals surface area contributed by atoms with Crippen molar-refractivity contribution < 1.29 is 14.3 Å². The van der Waals surface area contributed by atoms with E-state index in [-0.39, 0.29) is 31.0 Å². The highest BCUT2D eigenvalue weighted by molar-refractivity contribution is 6.07. The summed E-state index contributed by atoms with van der Waals surface area (Å²) in [4.78, 5) is 26.3. The van der Waals surface area contributed by atoms with Gasteiger partial charge in [-0.3, -0.25) is 9.69 Å². The number of carbonyl (C=O) groups excluding carboxylic acids is 2. The summed E-state index contributed by atoms with van der Waals surface area (Å²) in [6, 6.07) is 8.46. The van der Waals surface area contributed by atoms with Crippen molar-refractivity contribution in [2.75, 3.05) is 13.2 Å². The van der Waals surface area contributed by atoms with E-state index in [1.807, 2.05) is 13.0 Å². The number of hydrogen-bond donors (Lipinski definition) is 1. The Hall–Kier alpha value is -2.55. The molecule has 0 unspecified atom stereocenters. The summed E-state index contributed by atoms with van der Waals surface area (Å²) in [6.07, 6.45) is 3.74. The first kappa shape index (κ1) is 16.3. The standard InChI is InChI=1S/C18H21N3O3/c1-13-4-2-3-9-18(13)16(22)21(17(23)20-18)10-11-24-15-7-5-14(12-19)6-8-15/h5-8,13H,2-4,9-11H2,1H3,(H,20,23)/t13-,18+/m0/s1. The van der Waals surface area contributed by atoms with Gasteiger partial charge >= 0.3 is 6.03 Å². The van der Waals surface area contributed by atoms with Crippen LogP contribution in [0.2, 0.25) is 0 Å². The van der Waals surface area contributed by atoms with Crippen molar-refractivity contribution in [2.45, 2.75) is 38.1 Å². The third-order valence-electron chi connectivity index (χ3n) is 5.07. The third kappa shape index (κ3) is 2.82. The van der Waals surface area contributed by atoms with Crippen LogP contribution in [0.3, 0.4) is 0 Å². The predicted molar refractivity (Wildman–Crippen MR) is 87.3 cm³/mol. The van der Waals surface area contributed by atoms with E-state index in [4.69, 9.17) is 10.00 Å². The molecule has 1 aliphatic carbocycles. The van der Waals surface area contributed by atoms with E-state index in [1.165, 1.54) is 4.90 Å². The van der Waals surface area contributed by atoms with E-state index < -0.39 is 5.54 Å². The fourth-order valence-electron chi connectivity index (χ4n) is 3.58. The Labute approximate surface area is 141 Å². The molecule has 2 fully saturated rings. The van der Waals surface area contributed by atoms with E-state index >= 15 is 0 Å². The van der Waals surface area contributed by atoms with Crippen LogP contribution in [-0.4, -0.2) is 35.5 Å². The topological polar surface area (TPSA) is 82.4 Å². The molecule has 3 rings (SSSR count). The first-order valence-electron chi connectivity index (χ1n) is 8.34. The molecule has 2 aliphatic rings. The monoisotopic (exact) mass is 327 g/mol. The molecule has 0 aromatic heterocycles. The van der Waals surface area contributed by atoms with Crippen molar-refractivity contribution in [1.82, 2.24) is 10.2 Å². The summed E-state index contributed by atoms with van der Waals surface area (Å²) < 4.78 is 5.58. The first-order chi connectivity index (χ1) is 11.6. The highest BCUT2D eigenvalue weighted by Gasteiger charge is 2.54. The van der Waals surface area contributed by atoms with E-state index in [0.29, 0.717) is 17.7 Å². The number of nitrogens with zero attached hydrogens (tertiary/aromatic N) is 2. The molecule has 1 aromatic rings. The molecule has 126 valence electrons. The second-order valence-electron chi connectivity index (χ2n) is 6.49. The van der Waals surface area contributed by atoms with Crippen LogP contribution in [0.4, 0.5) is 4.79 Å². The van der Waals surface area contributed by atoms with E-state index in [9.17, 15) is 9.59 Å². The number of hydrogen-bond acceptors (Lipinski definition) is 4. The summed E-state index contributed by atoms with van der Waals surface area (Å²) in [5.41, 5.74) is -0.159. The van der Waals surface area contributed by atoms with Gasteiger partial charge in [-0.1, -0.05) is 19.8 Å². The van der Waals surface area contributed by atoms with Crippen molar-refractivity contribution >= 4 is 11.9 Å². The predicted octanol–water partition coefficient (Wildman–Crippen LogP) is 2.44. The summed E-state index contributed by atoms with van der Waals surface area (Å²) in [6.45, 7) is 2.49. The van der Waals surface area contributed by atoms with Gasteiger partial charge in [0.1, 0.15) is 17.9 Å². The molecule has 1 saturated carbocycles. The maximum atomic E-state index is 12.8. The Morgan fingerprint density at radius 2 is 2.08 bits per heavy atom. The summed E-state index contributed by atoms with van der Waals surface area (Å²) in [5, 5.41) is 11.7. The quantitative estimate of drug-likeness (QED) is 0.861. The maximum absolute atomic E-state index is 12.8. The molecule has 0 radical (unpaired) electrons. The number of imide groups is 1. The zero-order valence-electron chi connectivity index (χ0n) is 13.7. The lowest BCUT2D eigenvalue weighted by Gasteiger charge is -2.36. The number of ether oxygens (including phenoxy) is 1. The molecule has 1 spiro atoms. The smallest absolute Gasteiger partial charge is 0.325 e. The highest BCUT2D eigenvalue weighted by Crippen LogP contribution is 2.38. The van der Waals surface area contributed by atoms with Crippen molar-refractivity contribution in [1.29, 1.82) is 5.26 Å². The van der Waals surface area contributed by atoms with Gasteiger partial charge in [-0.25, -0.2) is 4.79 Å². The minimum Gasteiger partial charge on any atom is -0.492 e. The molecule has 2 atom stereocenters. The Morgan fingerprint density at radius 1 is 1.33 bits per heavy atom. The summed E-state index contributed by atoms with van der Waals surface area (Å²) in [5.74, 6) is 0.650. The normalized spacial score (nSPS) is 26.3. The molecular formula is C18H21N3O3. The zero-order valence-corrected chi connectivity index (χ0v) is 13.7. The van der Waals surface area contributed by atoms with Crippen molar-refractivity contribution in [2.24, 2.45) is 5.92 Å². The van der Waals surface area contributed by atoms with Crippen molar-refractivity contribution in [3.63, 3.8) is 0 Å². The van der Waals surface area contributed by atoms with Crippen LogP contribution in [0.25, 0.3) is 0 Å². The average molecular weight is 327 g/mol. The maximum Gasteiger partial charge on any atom is 0.325 e. The lowest BCUT2D eigenvalue weighted by atomic mass is 9.73. The van der Waals surface area contributed by atoms with Crippen LogP contribution < -0.4 is 10.1 Å². The van der Waals surface area contributed by atoms with Crippen LogP contribution in [0.5, 0.6) is 5.75 Å². The van der Waals surface area contributed by atoms with Gasteiger partial charge in [-0.15, -0.1) is 0 Å². The van der Waals surface area contributed by atoms with Crippen LogP contribution in [0.1, 0.15) is 38.2 Å². The molecule has 3 amide bonds. The fourth-order valence-corrected chi connectivity index (χ4v) is 3.58. The molecule has 1 heterocycles. The van der Waals surface area contributed by atoms with Crippen LogP contribution in [0.15, 0.2) is 24.3 Å². The number of nitriles is 1. The second kappa shape index (κ2) is 6.52. The lowest BCUT2D eigenvalue weighted by Crippen LogP contribution is -2.54. The van der Waals surface area contributed by atoms with Crippen molar-refractivity contribution in [3.05, 3.63) is 29.8 Å². The van der Waals surface area contributed by atoms with Gasteiger partial charge in [-0.2, -0.15) is 5.26 Å². The number of amides is 3. The van der Waals surface area contributed by atoms with E-state index in [2.05, 4.69) is 5.32 Å². The molecule has 1 aliphatic heterocycles. The van der Waals surface area contributed by atoms with Crippen LogP contribution in [0, 0.1) is 17.2 Å². The molecule has 24 heavy (non-hydrogen) atoms. The molecule has 6 nitrogen and oxygen atoms in total. The van der Waals surface area contributed by atoms with Gasteiger partial charge in [0, 0.05) is 0 Å². The highest BCUT2D eigenvalue weighted by atomic mass is 16.5. The first-order valence-corrected chi connectivity index (χ1v) is 8.34. The third-order valence-corrected chi connectivity index (χ3v) is 5.07. The number of urea groups is 1. The van der Waals surface area contributed by atoms with Gasteiger partial charge in [0.05, 0.1) is 18.2 Å². The largest absolute Gasteiger partial charge is 0.492 e. The number of benzene rings is 1. The van der Waals surface area contributed by atoms with Crippen LogP contribution >= 0.6 is 0 Å². The van der Waals surface area contributed by atoms with Crippen LogP contribution in [-0.2, 0) is 4.79 Å². The Kier molecular flexibility index (Phi) is 4.43. The number of nitrogens with one attached hydrogen (secondary N) is 1. The average Bonchev–Trinajstić information content (AvgIpc) is 2.83. The van der Waals surface area contributed by atoms with Gasteiger partial charge in [-0.05, 0) is 43.0 Å². The second-order valence-corrected chi connectivity index (χ2v) is 6.49. The van der Waals surface area contributed by atoms with Gasteiger partial charge in [0.2, 0.25) is 0 Å². The molecule has 0 bridgehead atoms. The molecule has 1 N–H and O–H groups in total. The molecule has 6 heteroatoms. The van der Waals surface area contributed by atoms with E-state index in [0.717, 1.165) is 19.3 Å². The minimum atomic E-state index is -0.718. The number of rotatable bonds is 4. The van der Waals surface area contributed by atoms with E-state index in [1.54, 1.807) is 24.3 Å². The van der Waals surface area contributed by atoms with Gasteiger partial charge < -0.3 is 10.1 Å². The Bertz CT molecular complexity index is 680. The number of carbonyl (C=O) groups is 2.